The molecule has 0 heterocycles. The van der Waals surface area contributed by atoms with Gasteiger partial charge in [0.2, 0.25) is 0 Å². The van der Waals surface area contributed by atoms with Crippen molar-refractivity contribution in [2.75, 3.05) is 0 Å². The minimum atomic E-state index is -2.51. The van der Waals surface area contributed by atoms with Crippen molar-refractivity contribution in [3.05, 3.63) is 34.3 Å². The third-order valence-corrected chi connectivity index (χ3v) is 3.26. The lowest BCUT2D eigenvalue weighted by Crippen LogP contribution is -2.19. The molecule has 1 unspecified atom stereocenters. The van der Waals surface area contributed by atoms with Crippen LogP contribution in [0.1, 0.15) is 30.7 Å². The van der Waals surface area contributed by atoms with Gasteiger partial charge in [-0.25, -0.2) is 8.78 Å². The van der Waals surface area contributed by atoms with Crippen molar-refractivity contribution in [3.8, 4) is 0 Å². The zero-order chi connectivity index (χ0) is 10.2. The van der Waals surface area contributed by atoms with Crippen LogP contribution in [0, 0.1) is 0 Å². The van der Waals surface area contributed by atoms with Gasteiger partial charge in [-0.15, -0.1) is 0 Å². The van der Waals surface area contributed by atoms with Crippen molar-refractivity contribution in [2.45, 2.75) is 31.1 Å². The molecule has 1 fully saturated rings. The van der Waals surface area contributed by atoms with Gasteiger partial charge in [0.05, 0.1) is 0 Å². The predicted octanol–water partition coefficient (Wildman–Crippen LogP) is 4.35. The Morgan fingerprint density at radius 3 is 2.71 bits per heavy atom. The summed E-state index contributed by atoms with van der Waals surface area (Å²) in [6.45, 7) is 0. The van der Waals surface area contributed by atoms with E-state index in [0.717, 1.165) is 10.0 Å². The van der Waals surface area contributed by atoms with Gasteiger partial charge in [-0.2, -0.15) is 0 Å². The summed E-state index contributed by atoms with van der Waals surface area (Å²) in [5.74, 6) is -3.10. The van der Waals surface area contributed by atoms with Crippen LogP contribution in [0.15, 0.2) is 28.7 Å². The highest BCUT2D eigenvalue weighted by molar-refractivity contribution is 9.10. The van der Waals surface area contributed by atoms with Crippen LogP contribution in [0.4, 0.5) is 8.78 Å². The molecule has 0 aromatic heterocycles. The van der Waals surface area contributed by atoms with Crippen molar-refractivity contribution in [1.82, 2.24) is 0 Å². The van der Waals surface area contributed by atoms with E-state index in [0.29, 0.717) is 12.8 Å². The standard InChI is InChI=1S/C11H11BrF2/c12-9-4-1-3-8(7-9)10-5-2-6-11(10,13)14/h1,3-4,7,10H,2,5-6H2. The van der Waals surface area contributed by atoms with E-state index in [9.17, 15) is 8.78 Å². The first-order valence-electron chi connectivity index (χ1n) is 4.73. The minimum Gasteiger partial charge on any atom is -0.206 e. The smallest absolute Gasteiger partial charge is 0.206 e. The highest BCUT2D eigenvalue weighted by Crippen LogP contribution is 2.46. The van der Waals surface area contributed by atoms with Gasteiger partial charge in [0.15, 0.2) is 0 Å². The molecule has 0 N–H and O–H groups in total. The first-order chi connectivity index (χ1) is 6.59. The van der Waals surface area contributed by atoms with E-state index in [1.54, 1.807) is 12.1 Å². The number of halogens is 3. The summed E-state index contributed by atoms with van der Waals surface area (Å²) in [4.78, 5) is 0. The lowest BCUT2D eigenvalue weighted by atomic mass is 9.95. The highest BCUT2D eigenvalue weighted by Gasteiger charge is 2.44. The summed E-state index contributed by atoms with van der Waals surface area (Å²) in [5.41, 5.74) is 0.752. The molecule has 1 atom stereocenters. The molecule has 0 bridgehead atoms. The van der Waals surface area contributed by atoms with Gasteiger partial charge in [0, 0.05) is 16.8 Å². The molecule has 0 spiro atoms. The Morgan fingerprint density at radius 2 is 2.14 bits per heavy atom. The van der Waals surface area contributed by atoms with Crippen LogP contribution in [-0.4, -0.2) is 5.92 Å². The molecule has 0 amide bonds. The van der Waals surface area contributed by atoms with E-state index in [-0.39, 0.29) is 6.42 Å². The van der Waals surface area contributed by atoms with Crippen molar-refractivity contribution in [3.63, 3.8) is 0 Å². The van der Waals surface area contributed by atoms with Crippen molar-refractivity contribution < 1.29 is 8.78 Å². The van der Waals surface area contributed by atoms with Crippen molar-refractivity contribution in [2.24, 2.45) is 0 Å². The third kappa shape index (κ3) is 1.83. The van der Waals surface area contributed by atoms with Gasteiger partial charge < -0.3 is 0 Å². The molecule has 2 rings (SSSR count). The molecule has 1 aromatic rings. The zero-order valence-corrected chi connectivity index (χ0v) is 9.23. The molecule has 0 saturated heterocycles. The largest absolute Gasteiger partial charge is 0.254 e. The van der Waals surface area contributed by atoms with Crippen LogP contribution in [0.5, 0.6) is 0 Å². The SMILES string of the molecule is FC1(F)CCCC1c1cccc(Br)c1. The zero-order valence-electron chi connectivity index (χ0n) is 7.64. The average Bonchev–Trinajstić information content (AvgIpc) is 2.45. The second-order valence-electron chi connectivity index (χ2n) is 3.76. The van der Waals surface area contributed by atoms with Crippen LogP contribution in [0.2, 0.25) is 0 Å². The molecular weight excluding hydrogens is 250 g/mol. The number of alkyl halides is 2. The van der Waals surface area contributed by atoms with Gasteiger partial charge in [-0.05, 0) is 30.5 Å². The molecule has 76 valence electrons. The van der Waals surface area contributed by atoms with E-state index in [2.05, 4.69) is 15.9 Å². The van der Waals surface area contributed by atoms with E-state index in [1.807, 2.05) is 12.1 Å². The predicted molar refractivity (Wildman–Crippen MR) is 55.7 cm³/mol. The Bertz CT molecular complexity index is 336. The summed E-state index contributed by atoms with van der Waals surface area (Å²) in [6.07, 6.45) is 1.26. The maximum Gasteiger partial charge on any atom is 0.254 e. The molecule has 14 heavy (non-hydrogen) atoms. The lowest BCUT2D eigenvalue weighted by molar-refractivity contribution is -0.00896. The Hall–Kier alpha value is -0.440. The first-order valence-corrected chi connectivity index (χ1v) is 5.52. The monoisotopic (exact) mass is 260 g/mol. The maximum atomic E-state index is 13.4. The van der Waals surface area contributed by atoms with E-state index < -0.39 is 11.8 Å². The Balaban J connectivity index is 2.31. The minimum absolute atomic E-state index is 0.0319. The van der Waals surface area contributed by atoms with Gasteiger partial charge in [0.1, 0.15) is 0 Å². The lowest BCUT2D eigenvalue weighted by Gasteiger charge is -2.19. The quantitative estimate of drug-likeness (QED) is 0.704. The second-order valence-corrected chi connectivity index (χ2v) is 4.68. The fraction of sp³-hybridized carbons (Fsp3) is 0.455. The molecule has 1 aromatic carbocycles. The highest BCUT2D eigenvalue weighted by atomic mass is 79.9. The molecule has 1 aliphatic carbocycles. The van der Waals surface area contributed by atoms with Crippen LogP contribution in [0.3, 0.4) is 0 Å². The topological polar surface area (TPSA) is 0 Å². The summed E-state index contributed by atoms with van der Waals surface area (Å²) in [6, 6.07) is 7.25. The summed E-state index contributed by atoms with van der Waals surface area (Å²) < 4.78 is 27.7. The van der Waals surface area contributed by atoms with Gasteiger partial charge in [-0.1, -0.05) is 28.1 Å². The number of benzene rings is 1. The Labute approximate surface area is 90.4 Å². The van der Waals surface area contributed by atoms with Gasteiger partial charge >= 0.3 is 0 Å². The van der Waals surface area contributed by atoms with Crippen LogP contribution >= 0.6 is 15.9 Å². The summed E-state index contributed by atoms with van der Waals surface area (Å²) in [7, 11) is 0. The molecular formula is C11H11BrF2. The van der Waals surface area contributed by atoms with Gasteiger partial charge in [0.25, 0.3) is 5.92 Å². The van der Waals surface area contributed by atoms with Crippen molar-refractivity contribution >= 4 is 15.9 Å². The second kappa shape index (κ2) is 3.61. The number of rotatable bonds is 1. The maximum absolute atomic E-state index is 13.4. The Morgan fingerprint density at radius 1 is 1.36 bits per heavy atom. The normalized spacial score (nSPS) is 25.2. The van der Waals surface area contributed by atoms with Crippen molar-refractivity contribution in [1.29, 1.82) is 0 Å². The van der Waals surface area contributed by atoms with Crippen LogP contribution < -0.4 is 0 Å². The first kappa shape index (κ1) is 10.1. The fourth-order valence-corrected chi connectivity index (χ4v) is 2.48. The summed E-state index contributed by atoms with van der Waals surface area (Å²) >= 11 is 3.30. The molecule has 0 radical (unpaired) electrons. The molecule has 3 heteroatoms. The number of hydrogen-bond acceptors (Lipinski definition) is 0. The average molecular weight is 261 g/mol. The third-order valence-electron chi connectivity index (χ3n) is 2.76. The van der Waals surface area contributed by atoms with E-state index in [1.165, 1.54) is 0 Å². The van der Waals surface area contributed by atoms with Gasteiger partial charge in [-0.3, -0.25) is 0 Å². The number of hydrogen-bond donors (Lipinski definition) is 0. The van der Waals surface area contributed by atoms with Crippen LogP contribution in [-0.2, 0) is 0 Å². The molecule has 1 aliphatic rings. The Kier molecular flexibility index (Phi) is 2.60. The summed E-state index contributed by atoms with van der Waals surface area (Å²) in [5, 5.41) is 0. The molecule has 0 aliphatic heterocycles. The van der Waals surface area contributed by atoms with E-state index in [4.69, 9.17) is 0 Å². The molecule has 0 nitrogen and oxygen atoms in total. The fourth-order valence-electron chi connectivity index (χ4n) is 2.06. The molecule has 1 saturated carbocycles. The van der Waals surface area contributed by atoms with E-state index >= 15 is 0 Å². The van der Waals surface area contributed by atoms with Crippen LogP contribution in [0.25, 0.3) is 0 Å².